The number of sulfone groups is 1. The second-order valence-corrected chi connectivity index (χ2v) is 7.69. The highest BCUT2D eigenvalue weighted by atomic mass is 32.2. The topological polar surface area (TPSA) is 63.7 Å². The number of ether oxygens (including phenoxy) is 1. The zero-order valence-electron chi connectivity index (χ0n) is 13.1. The molecule has 22 heavy (non-hydrogen) atoms. The highest BCUT2D eigenvalue weighted by molar-refractivity contribution is 7.91. The number of esters is 1. The van der Waals surface area contributed by atoms with Gasteiger partial charge in [-0.05, 0) is 44.0 Å². The molecule has 0 saturated carbocycles. The molecule has 5 nitrogen and oxygen atoms in total. The summed E-state index contributed by atoms with van der Waals surface area (Å²) in [5, 5.41) is 0. The van der Waals surface area contributed by atoms with E-state index < -0.39 is 9.84 Å². The lowest BCUT2D eigenvalue weighted by atomic mass is 9.96. The molecule has 0 atom stereocenters. The first-order valence-electron chi connectivity index (χ1n) is 7.72. The fourth-order valence-corrected chi connectivity index (χ4v) is 3.55. The van der Waals surface area contributed by atoms with Crippen LogP contribution in [0.5, 0.6) is 0 Å². The van der Waals surface area contributed by atoms with Crippen LogP contribution >= 0.6 is 0 Å². The normalized spacial score (nSPS) is 16.5. The summed E-state index contributed by atoms with van der Waals surface area (Å²) in [6, 6.07) is 7.00. The molecule has 2 rings (SSSR count). The number of carbonyl (C=O) groups excluding carboxylic acids is 1. The van der Waals surface area contributed by atoms with E-state index in [0.29, 0.717) is 11.5 Å². The summed E-state index contributed by atoms with van der Waals surface area (Å²) in [5.41, 5.74) is 0.998. The van der Waals surface area contributed by atoms with Gasteiger partial charge in [0.25, 0.3) is 0 Å². The molecule has 0 spiro atoms. The molecule has 0 aliphatic carbocycles. The van der Waals surface area contributed by atoms with Gasteiger partial charge < -0.3 is 9.64 Å². The van der Waals surface area contributed by atoms with Crippen LogP contribution < -0.4 is 4.90 Å². The maximum Gasteiger partial charge on any atom is 0.309 e. The van der Waals surface area contributed by atoms with Crippen LogP contribution in [0.25, 0.3) is 0 Å². The number of rotatable bonds is 5. The minimum absolute atomic E-state index is 0.0176. The number of carbonyl (C=O) groups is 1. The Labute approximate surface area is 132 Å². The largest absolute Gasteiger partial charge is 0.466 e. The second kappa shape index (κ2) is 7.13. The lowest BCUT2D eigenvalue weighted by Gasteiger charge is -2.32. The Morgan fingerprint density at radius 3 is 2.27 bits per heavy atom. The number of piperidine rings is 1. The summed E-state index contributed by atoms with van der Waals surface area (Å²) in [5.74, 6) is -0.0143. The van der Waals surface area contributed by atoms with Gasteiger partial charge in [0.1, 0.15) is 0 Å². The fraction of sp³-hybridized carbons (Fsp3) is 0.562. The minimum atomic E-state index is -3.15. The van der Waals surface area contributed by atoms with Crippen molar-refractivity contribution in [2.75, 3.05) is 30.3 Å². The summed E-state index contributed by atoms with van der Waals surface area (Å²) in [6.45, 7) is 5.45. The van der Waals surface area contributed by atoms with E-state index in [2.05, 4.69) is 4.90 Å². The van der Waals surface area contributed by atoms with Crippen LogP contribution in [0.1, 0.15) is 26.7 Å². The fourth-order valence-electron chi connectivity index (χ4n) is 2.66. The lowest BCUT2D eigenvalue weighted by molar-refractivity contribution is -0.148. The monoisotopic (exact) mass is 325 g/mol. The van der Waals surface area contributed by atoms with Crippen molar-refractivity contribution in [3.63, 3.8) is 0 Å². The molecule has 0 aromatic heterocycles. The molecule has 0 N–H and O–H groups in total. The van der Waals surface area contributed by atoms with Crippen molar-refractivity contribution in [3.8, 4) is 0 Å². The van der Waals surface area contributed by atoms with Crippen molar-refractivity contribution in [3.05, 3.63) is 24.3 Å². The van der Waals surface area contributed by atoms with E-state index in [1.54, 1.807) is 19.1 Å². The van der Waals surface area contributed by atoms with Gasteiger partial charge in [0.05, 0.1) is 23.2 Å². The molecule has 1 saturated heterocycles. The maximum atomic E-state index is 11.8. The summed E-state index contributed by atoms with van der Waals surface area (Å²) in [6.07, 6.45) is 1.54. The van der Waals surface area contributed by atoms with Gasteiger partial charge in [-0.25, -0.2) is 8.42 Å². The molecule has 1 heterocycles. The molecule has 0 amide bonds. The average Bonchev–Trinajstić information content (AvgIpc) is 2.55. The van der Waals surface area contributed by atoms with Crippen molar-refractivity contribution in [2.45, 2.75) is 31.6 Å². The van der Waals surface area contributed by atoms with Gasteiger partial charge in [0, 0.05) is 18.8 Å². The Morgan fingerprint density at radius 2 is 1.77 bits per heavy atom. The maximum absolute atomic E-state index is 11.8. The van der Waals surface area contributed by atoms with Gasteiger partial charge in [-0.3, -0.25) is 4.79 Å². The molecule has 0 radical (unpaired) electrons. The molecule has 6 heteroatoms. The van der Waals surface area contributed by atoms with Crippen LogP contribution in [-0.2, 0) is 19.4 Å². The van der Waals surface area contributed by atoms with E-state index >= 15 is 0 Å². The summed E-state index contributed by atoms with van der Waals surface area (Å²) in [4.78, 5) is 14.3. The van der Waals surface area contributed by atoms with Crippen molar-refractivity contribution in [1.82, 2.24) is 0 Å². The van der Waals surface area contributed by atoms with Gasteiger partial charge in [0.15, 0.2) is 9.84 Å². The van der Waals surface area contributed by atoms with Crippen molar-refractivity contribution >= 4 is 21.5 Å². The number of anilines is 1. The van der Waals surface area contributed by atoms with Crippen LogP contribution in [0.2, 0.25) is 0 Å². The molecule has 122 valence electrons. The molecular weight excluding hydrogens is 302 g/mol. The lowest BCUT2D eigenvalue weighted by Crippen LogP contribution is -2.36. The summed E-state index contributed by atoms with van der Waals surface area (Å²) in [7, 11) is -3.15. The third kappa shape index (κ3) is 3.80. The first-order chi connectivity index (χ1) is 10.5. The first kappa shape index (κ1) is 16.8. The molecule has 1 aromatic rings. The zero-order valence-corrected chi connectivity index (χ0v) is 13.9. The molecule has 1 fully saturated rings. The molecule has 1 aliphatic rings. The molecular formula is C16H23NO4S. The van der Waals surface area contributed by atoms with Crippen LogP contribution in [-0.4, -0.2) is 39.8 Å². The summed E-state index contributed by atoms with van der Waals surface area (Å²) >= 11 is 0. The predicted octanol–water partition coefficient (Wildman–Crippen LogP) is 2.26. The van der Waals surface area contributed by atoms with E-state index in [4.69, 9.17) is 4.74 Å². The SMILES string of the molecule is CCOC(=O)C1CCN(c2ccc(S(=O)(=O)CC)cc2)CC1. The molecule has 0 bridgehead atoms. The Bertz CT molecular complexity index is 602. The van der Waals surface area contributed by atoms with Gasteiger partial charge in [-0.2, -0.15) is 0 Å². The minimum Gasteiger partial charge on any atom is -0.466 e. The highest BCUT2D eigenvalue weighted by Gasteiger charge is 2.26. The molecule has 1 aromatic carbocycles. The van der Waals surface area contributed by atoms with Crippen LogP contribution in [0, 0.1) is 5.92 Å². The Morgan fingerprint density at radius 1 is 1.18 bits per heavy atom. The Balaban J connectivity index is 1.99. The highest BCUT2D eigenvalue weighted by Crippen LogP contribution is 2.25. The van der Waals surface area contributed by atoms with Gasteiger partial charge in [0.2, 0.25) is 0 Å². The van der Waals surface area contributed by atoms with E-state index in [0.717, 1.165) is 31.6 Å². The number of hydrogen-bond donors (Lipinski definition) is 0. The van der Waals surface area contributed by atoms with Crippen LogP contribution in [0.4, 0.5) is 5.69 Å². The number of benzene rings is 1. The van der Waals surface area contributed by atoms with E-state index in [1.807, 2.05) is 19.1 Å². The second-order valence-electron chi connectivity index (χ2n) is 5.41. The zero-order chi connectivity index (χ0) is 16.2. The van der Waals surface area contributed by atoms with E-state index in [9.17, 15) is 13.2 Å². The predicted molar refractivity (Wildman–Crippen MR) is 85.7 cm³/mol. The Hall–Kier alpha value is -1.56. The number of hydrogen-bond acceptors (Lipinski definition) is 5. The molecule has 0 unspecified atom stereocenters. The number of nitrogens with zero attached hydrogens (tertiary/aromatic N) is 1. The Kier molecular flexibility index (Phi) is 5.45. The molecule has 1 aliphatic heterocycles. The van der Waals surface area contributed by atoms with Crippen molar-refractivity contribution in [1.29, 1.82) is 0 Å². The quantitative estimate of drug-likeness (QED) is 0.777. The summed E-state index contributed by atoms with van der Waals surface area (Å²) < 4.78 is 28.7. The third-order valence-electron chi connectivity index (χ3n) is 4.06. The van der Waals surface area contributed by atoms with Crippen molar-refractivity contribution < 1.29 is 17.9 Å². The van der Waals surface area contributed by atoms with Gasteiger partial charge in [-0.1, -0.05) is 6.92 Å². The van der Waals surface area contributed by atoms with Crippen LogP contribution in [0.3, 0.4) is 0 Å². The van der Waals surface area contributed by atoms with Gasteiger partial charge >= 0.3 is 5.97 Å². The van der Waals surface area contributed by atoms with Crippen LogP contribution in [0.15, 0.2) is 29.2 Å². The van der Waals surface area contributed by atoms with E-state index in [-0.39, 0.29) is 17.6 Å². The standard InChI is InChI=1S/C16H23NO4S/c1-3-21-16(18)13-9-11-17(12-10-13)14-5-7-15(8-6-14)22(19,20)4-2/h5-8,13H,3-4,9-12H2,1-2H3. The first-order valence-corrected chi connectivity index (χ1v) is 9.37. The third-order valence-corrected chi connectivity index (χ3v) is 5.81. The van der Waals surface area contributed by atoms with Gasteiger partial charge in [-0.15, -0.1) is 0 Å². The average molecular weight is 325 g/mol. The smallest absolute Gasteiger partial charge is 0.309 e. The van der Waals surface area contributed by atoms with E-state index in [1.165, 1.54) is 0 Å². The van der Waals surface area contributed by atoms with Crippen molar-refractivity contribution in [2.24, 2.45) is 5.92 Å².